The van der Waals surface area contributed by atoms with Crippen molar-refractivity contribution < 1.29 is 19.1 Å². The Morgan fingerprint density at radius 1 is 1.04 bits per heavy atom. The first-order valence-corrected chi connectivity index (χ1v) is 15.5. The zero-order valence-corrected chi connectivity index (χ0v) is 25.5. The summed E-state index contributed by atoms with van der Waals surface area (Å²) in [7, 11) is 1.78. The van der Waals surface area contributed by atoms with Crippen molar-refractivity contribution in [3.05, 3.63) is 93.8 Å². The fourth-order valence-corrected chi connectivity index (χ4v) is 6.93. The van der Waals surface area contributed by atoms with Crippen molar-refractivity contribution in [3.63, 3.8) is 0 Å². The lowest BCUT2D eigenvalue weighted by Crippen LogP contribution is -2.48. The van der Waals surface area contributed by atoms with Gasteiger partial charge in [-0.25, -0.2) is 4.98 Å². The molecule has 3 amide bonds. The van der Waals surface area contributed by atoms with Gasteiger partial charge in [0.2, 0.25) is 11.8 Å². The van der Waals surface area contributed by atoms with Crippen LogP contribution in [0.1, 0.15) is 56.6 Å². The summed E-state index contributed by atoms with van der Waals surface area (Å²) in [4.78, 5) is 47.2. The summed E-state index contributed by atoms with van der Waals surface area (Å²) in [6.07, 6.45) is 10.4. The third-order valence-corrected chi connectivity index (χ3v) is 9.33. The highest BCUT2D eigenvalue weighted by Gasteiger charge is 2.51. The standard InChI is InChI=1S/C35H36N6O4/c1-21-12-23(13-27-20-37-40-30(21)27)15-29-33(43)41(2)9-3-4-10-45-11-5-6-22-14-28-31(36-19-22)39-34(44)35(28)17-25-8-7-24(32(42)38-29)16-26(25)18-35/h5-8,12-14,16,19-20,29H,3-4,9-11,15,17-18H2,1-2H3,(H,37,40)(H,38,42)(H,36,39,44)/b6-5-/t29-,35+/m1/s1. The van der Waals surface area contributed by atoms with Gasteiger partial charge in [0.25, 0.3) is 5.91 Å². The number of ether oxygens (including phenoxy) is 1. The van der Waals surface area contributed by atoms with E-state index in [2.05, 4.69) is 25.8 Å². The van der Waals surface area contributed by atoms with Crippen LogP contribution in [0.5, 0.6) is 0 Å². The number of aromatic amines is 1. The average molecular weight is 605 g/mol. The predicted molar refractivity (Wildman–Crippen MR) is 171 cm³/mol. The van der Waals surface area contributed by atoms with Crippen molar-refractivity contribution >= 4 is 40.5 Å². The van der Waals surface area contributed by atoms with E-state index in [1.165, 1.54) is 0 Å². The van der Waals surface area contributed by atoms with Crippen molar-refractivity contribution in [1.82, 2.24) is 25.4 Å². The molecular formula is C35H36N6O4. The highest BCUT2D eigenvalue weighted by molar-refractivity contribution is 6.06. The Morgan fingerprint density at radius 2 is 1.91 bits per heavy atom. The number of hydrogen-bond acceptors (Lipinski definition) is 6. The molecule has 1 aliphatic carbocycles. The molecule has 1 spiro atoms. The van der Waals surface area contributed by atoms with E-state index in [9.17, 15) is 14.4 Å². The third kappa shape index (κ3) is 5.39. The molecule has 2 aliphatic heterocycles. The lowest BCUT2D eigenvalue weighted by atomic mass is 9.79. The number of benzene rings is 2. The van der Waals surface area contributed by atoms with Gasteiger partial charge in [-0.15, -0.1) is 0 Å². The molecule has 45 heavy (non-hydrogen) atoms. The second-order valence-electron chi connectivity index (χ2n) is 12.5. The Morgan fingerprint density at radius 3 is 2.80 bits per heavy atom. The summed E-state index contributed by atoms with van der Waals surface area (Å²) in [6, 6.07) is 10.9. The molecule has 0 fully saturated rings. The SMILES string of the molecule is Cc1cc(C[C@H]2NC(=O)c3ccc4c(c3)C[C@]3(C4)C(=O)Nc4ncc(cc43)/C=C\COCCCCN(C)C2=O)cc2cn[nH]c12. The quantitative estimate of drug-likeness (QED) is 0.319. The molecule has 0 radical (unpaired) electrons. The van der Waals surface area contributed by atoms with Crippen LogP contribution in [0.15, 0.2) is 54.9 Å². The molecular weight excluding hydrogens is 568 g/mol. The van der Waals surface area contributed by atoms with Crippen molar-refractivity contribution in [2.24, 2.45) is 0 Å². The lowest BCUT2D eigenvalue weighted by molar-refractivity contribution is -0.132. The summed E-state index contributed by atoms with van der Waals surface area (Å²) in [5.41, 5.74) is 6.37. The molecule has 3 aliphatic rings. The molecule has 2 aromatic heterocycles. The van der Waals surface area contributed by atoms with Gasteiger partial charge < -0.3 is 20.3 Å². The number of anilines is 1. The van der Waals surface area contributed by atoms with Gasteiger partial charge in [0.1, 0.15) is 11.9 Å². The molecule has 4 heterocycles. The summed E-state index contributed by atoms with van der Waals surface area (Å²) in [5, 5.41) is 14.2. The molecule has 0 unspecified atom stereocenters. The zero-order valence-electron chi connectivity index (χ0n) is 25.5. The lowest BCUT2D eigenvalue weighted by Gasteiger charge is -2.25. The van der Waals surface area contributed by atoms with Gasteiger partial charge in [-0.2, -0.15) is 5.10 Å². The number of nitrogens with zero attached hydrogens (tertiary/aromatic N) is 3. The van der Waals surface area contributed by atoms with Crippen molar-refractivity contribution in [2.75, 3.05) is 32.1 Å². The molecule has 4 aromatic rings. The number of fused-ring (bicyclic) bond motifs is 3. The number of amides is 3. The largest absolute Gasteiger partial charge is 0.377 e. The monoisotopic (exact) mass is 604 g/mol. The first kappa shape index (κ1) is 28.9. The molecule has 0 saturated carbocycles. The van der Waals surface area contributed by atoms with Crippen LogP contribution >= 0.6 is 0 Å². The maximum atomic E-state index is 13.8. The van der Waals surface area contributed by atoms with E-state index >= 15 is 0 Å². The topological polar surface area (TPSA) is 129 Å². The van der Waals surface area contributed by atoms with E-state index in [-0.39, 0.29) is 17.7 Å². The molecule has 0 saturated heterocycles. The first-order valence-electron chi connectivity index (χ1n) is 15.5. The van der Waals surface area contributed by atoms with Gasteiger partial charge in [-0.05, 0) is 84.7 Å². The number of carbonyl (C=O) groups excluding carboxylic acids is 3. The minimum atomic E-state index is -0.774. The first-order chi connectivity index (χ1) is 21.8. The summed E-state index contributed by atoms with van der Waals surface area (Å²) in [5.74, 6) is 0.0434. The van der Waals surface area contributed by atoms with Gasteiger partial charge in [0.05, 0.1) is 23.7 Å². The second-order valence-corrected chi connectivity index (χ2v) is 12.5. The molecule has 5 bridgehead atoms. The van der Waals surface area contributed by atoms with E-state index in [0.717, 1.165) is 57.1 Å². The Bertz CT molecular complexity index is 1860. The minimum absolute atomic E-state index is 0.0753. The van der Waals surface area contributed by atoms with Crippen LogP contribution in [-0.4, -0.2) is 70.7 Å². The fourth-order valence-electron chi connectivity index (χ4n) is 6.93. The van der Waals surface area contributed by atoms with Gasteiger partial charge >= 0.3 is 0 Å². The zero-order chi connectivity index (χ0) is 31.1. The van der Waals surface area contributed by atoms with Crippen LogP contribution in [0.25, 0.3) is 17.0 Å². The Labute approximate surface area is 261 Å². The Kier molecular flexibility index (Phi) is 7.45. The van der Waals surface area contributed by atoms with E-state index in [4.69, 9.17) is 4.74 Å². The summed E-state index contributed by atoms with van der Waals surface area (Å²) < 4.78 is 5.81. The van der Waals surface area contributed by atoms with Gasteiger partial charge in [0, 0.05) is 49.3 Å². The molecule has 2 aromatic carbocycles. The number of aryl methyl sites for hydroxylation is 1. The van der Waals surface area contributed by atoms with E-state index in [1.807, 2.05) is 49.4 Å². The van der Waals surface area contributed by atoms with Gasteiger partial charge in [0.15, 0.2) is 0 Å². The molecule has 7 rings (SSSR count). The van der Waals surface area contributed by atoms with Crippen molar-refractivity contribution in [2.45, 2.75) is 50.5 Å². The third-order valence-electron chi connectivity index (χ3n) is 9.33. The van der Waals surface area contributed by atoms with Crippen LogP contribution in [0.4, 0.5) is 5.82 Å². The number of likely N-dealkylation sites (N-methyl/N-ethyl adjacent to an activating group) is 1. The van der Waals surface area contributed by atoms with Crippen LogP contribution in [0.2, 0.25) is 0 Å². The molecule has 3 N–H and O–H groups in total. The number of pyridine rings is 1. The molecule has 10 heteroatoms. The van der Waals surface area contributed by atoms with Crippen LogP contribution in [-0.2, 0) is 39.0 Å². The number of rotatable bonds is 2. The fraction of sp³-hybridized carbons (Fsp3) is 0.343. The van der Waals surface area contributed by atoms with Crippen LogP contribution in [0.3, 0.4) is 0 Å². The van der Waals surface area contributed by atoms with Gasteiger partial charge in [-0.3, -0.25) is 19.5 Å². The summed E-state index contributed by atoms with van der Waals surface area (Å²) >= 11 is 0. The van der Waals surface area contributed by atoms with Crippen LogP contribution < -0.4 is 10.6 Å². The Balaban J connectivity index is 1.21. The van der Waals surface area contributed by atoms with Gasteiger partial charge in [-0.1, -0.05) is 24.3 Å². The number of hydrogen-bond donors (Lipinski definition) is 3. The smallest absolute Gasteiger partial charge is 0.251 e. The molecule has 10 nitrogen and oxygen atoms in total. The maximum absolute atomic E-state index is 13.8. The normalized spacial score (nSPS) is 22.8. The van der Waals surface area contributed by atoms with Crippen LogP contribution in [0, 0.1) is 6.92 Å². The molecule has 230 valence electrons. The van der Waals surface area contributed by atoms with Crippen molar-refractivity contribution in [3.8, 4) is 0 Å². The summed E-state index contributed by atoms with van der Waals surface area (Å²) in [6.45, 7) is 3.57. The minimum Gasteiger partial charge on any atom is -0.377 e. The average Bonchev–Trinajstić information content (AvgIpc) is 3.73. The maximum Gasteiger partial charge on any atom is 0.251 e. The number of aromatic nitrogens is 3. The van der Waals surface area contributed by atoms with Crippen molar-refractivity contribution in [1.29, 1.82) is 0 Å². The van der Waals surface area contributed by atoms with E-state index in [0.29, 0.717) is 50.4 Å². The number of nitrogens with one attached hydrogen (secondary N) is 3. The van der Waals surface area contributed by atoms with E-state index in [1.54, 1.807) is 30.4 Å². The second kappa shape index (κ2) is 11.6. The number of H-pyrrole nitrogens is 1. The number of carbonyl (C=O) groups is 3. The Hall–Kier alpha value is -4.83. The predicted octanol–water partition coefficient (Wildman–Crippen LogP) is 3.88. The van der Waals surface area contributed by atoms with E-state index < -0.39 is 11.5 Å². The highest BCUT2D eigenvalue weighted by atomic mass is 16.5. The molecule has 2 atom stereocenters. The highest BCUT2D eigenvalue weighted by Crippen LogP contribution is 2.47.